The fourth-order valence-electron chi connectivity index (χ4n) is 4.14. The van der Waals surface area contributed by atoms with Crippen LogP contribution in [-0.4, -0.2) is 45.0 Å². The largest absolute Gasteiger partial charge is 0.478 e. The van der Waals surface area contributed by atoms with Crippen molar-refractivity contribution >= 4 is 28.4 Å². The van der Waals surface area contributed by atoms with Crippen molar-refractivity contribution in [3.05, 3.63) is 71.1 Å². The highest BCUT2D eigenvalue weighted by Crippen LogP contribution is 2.42. The monoisotopic (exact) mass is 457 g/mol. The number of rotatable bonds is 5. The first-order valence-electron chi connectivity index (χ1n) is 11.2. The molecule has 174 valence electrons. The first-order valence-corrected chi connectivity index (χ1v) is 11.2. The Labute approximate surface area is 198 Å². The van der Waals surface area contributed by atoms with Crippen molar-refractivity contribution in [3.8, 4) is 22.5 Å². The van der Waals surface area contributed by atoms with E-state index in [1.54, 1.807) is 12.1 Å². The Kier molecular flexibility index (Phi) is 6.00. The van der Waals surface area contributed by atoms with Crippen molar-refractivity contribution in [1.82, 2.24) is 4.58 Å². The summed E-state index contributed by atoms with van der Waals surface area (Å²) in [6.07, 6.45) is 0. The van der Waals surface area contributed by atoms with Gasteiger partial charge in [-0.2, -0.15) is 0 Å². The molecule has 0 amide bonds. The Morgan fingerprint density at radius 3 is 2.29 bits per heavy atom. The minimum absolute atomic E-state index is 0.0304. The van der Waals surface area contributed by atoms with Gasteiger partial charge in [-0.15, -0.1) is 0 Å². The number of aromatic carboxylic acids is 1. The second-order valence-corrected chi connectivity index (χ2v) is 9.21. The van der Waals surface area contributed by atoms with Crippen LogP contribution in [0.2, 0.25) is 0 Å². The van der Waals surface area contributed by atoms with Crippen LogP contribution in [0.5, 0.6) is 0 Å². The van der Waals surface area contributed by atoms with E-state index in [4.69, 9.17) is 4.42 Å². The van der Waals surface area contributed by atoms with Gasteiger partial charge in [0.2, 0.25) is 5.36 Å². The predicted octanol–water partition coefficient (Wildman–Crippen LogP) is 4.84. The first-order chi connectivity index (χ1) is 16.1. The van der Waals surface area contributed by atoms with Gasteiger partial charge >= 0.3 is 5.97 Å². The lowest BCUT2D eigenvalue weighted by Crippen LogP contribution is -2.21. The number of carboxylic acid groups (broad SMARTS) is 1. The number of carbonyl (C=O) groups excluding carboxylic acids is 1. The van der Waals surface area contributed by atoms with E-state index in [1.165, 1.54) is 6.07 Å². The van der Waals surface area contributed by atoms with Crippen molar-refractivity contribution in [1.29, 1.82) is 0 Å². The molecular formula is C28H29N2O4+. The lowest BCUT2D eigenvalue weighted by Gasteiger charge is -2.19. The SMILES string of the molecule is CC(C)C(=O)c1ccc(C(=O)O)c(-c2c3ccc(=[N+](C)C)cc-3oc3cc(N(C)C)ccc23)c1. The number of Topliss-reactive ketones (excluding diaryl/α,β-unsaturated/α-hetero) is 1. The van der Waals surface area contributed by atoms with Gasteiger partial charge in [-0.25, -0.2) is 9.37 Å². The van der Waals surface area contributed by atoms with Crippen molar-refractivity contribution in [2.75, 3.05) is 33.1 Å². The van der Waals surface area contributed by atoms with Crippen LogP contribution in [0, 0.1) is 5.92 Å². The summed E-state index contributed by atoms with van der Waals surface area (Å²) < 4.78 is 8.32. The van der Waals surface area contributed by atoms with E-state index in [0.717, 1.165) is 27.6 Å². The molecule has 2 aromatic rings. The fraction of sp³-hybridized carbons (Fsp3) is 0.250. The zero-order chi connectivity index (χ0) is 24.7. The number of hydrogen-bond donors (Lipinski definition) is 1. The minimum atomic E-state index is -1.05. The van der Waals surface area contributed by atoms with E-state index in [0.29, 0.717) is 22.5 Å². The molecule has 4 rings (SSSR count). The molecule has 2 aromatic carbocycles. The molecule has 0 atom stereocenters. The maximum absolute atomic E-state index is 12.8. The van der Waals surface area contributed by atoms with E-state index >= 15 is 0 Å². The highest BCUT2D eigenvalue weighted by Gasteiger charge is 2.24. The molecular weight excluding hydrogens is 428 g/mol. The molecule has 1 N–H and O–H groups in total. The molecule has 6 heteroatoms. The number of benzene rings is 3. The molecule has 0 unspecified atom stereocenters. The van der Waals surface area contributed by atoms with Gasteiger partial charge in [-0.1, -0.05) is 19.9 Å². The van der Waals surface area contributed by atoms with Crippen LogP contribution in [0.15, 0.2) is 59.0 Å². The van der Waals surface area contributed by atoms with Crippen LogP contribution in [0.4, 0.5) is 5.69 Å². The van der Waals surface area contributed by atoms with Gasteiger partial charge in [0.25, 0.3) is 0 Å². The quantitative estimate of drug-likeness (QED) is 0.264. The van der Waals surface area contributed by atoms with E-state index in [9.17, 15) is 14.7 Å². The number of carbonyl (C=O) groups is 2. The maximum atomic E-state index is 12.8. The Bertz CT molecular complexity index is 1470. The van der Waals surface area contributed by atoms with Gasteiger partial charge in [0.05, 0.1) is 11.6 Å². The summed E-state index contributed by atoms with van der Waals surface area (Å²) in [5.41, 5.74) is 4.26. The smallest absolute Gasteiger partial charge is 0.336 e. The summed E-state index contributed by atoms with van der Waals surface area (Å²) in [5.74, 6) is -0.637. The topological polar surface area (TPSA) is 73.8 Å². The molecule has 6 nitrogen and oxygen atoms in total. The van der Waals surface area contributed by atoms with Crippen LogP contribution >= 0.6 is 0 Å². The third kappa shape index (κ3) is 4.07. The highest BCUT2D eigenvalue weighted by atomic mass is 16.4. The number of nitrogens with zero attached hydrogens (tertiary/aromatic N) is 2. The van der Waals surface area contributed by atoms with Crippen LogP contribution in [0.1, 0.15) is 34.6 Å². The molecule has 0 spiro atoms. The number of fused-ring (bicyclic) bond motifs is 2. The van der Waals surface area contributed by atoms with Gasteiger partial charge in [0.15, 0.2) is 5.78 Å². The van der Waals surface area contributed by atoms with Crippen molar-refractivity contribution in [3.63, 3.8) is 0 Å². The number of carboxylic acids is 1. The number of hydrogen-bond acceptors (Lipinski definition) is 4. The summed E-state index contributed by atoms with van der Waals surface area (Å²) in [4.78, 5) is 27.0. The Morgan fingerprint density at radius 2 is 1.68 bits per heavy atom. The average Bonchev–Trinajstić information content (AvgIpc) is 2.80. The molecule has 2 aliphatic rings. The van der Waals surface area contributed by atoms with Crippen molar-refractivity contribution in [2.45, 2.75) is 13.8 Å². The molecule has 0 saturated heterocycles. The standard InChI is InChI=1S/C28H28N2O4/c1-16(2)27(31)17-7-10-20(28(32)33)23(13-17)26-21-11-8-18(29(3)4)14-24(21)34-25-15-19(30(5)6)9-12-22(25)26/h7-16H,1-6H3/p+1. The Hall–Kier alpha value is -3.93. The van der Waals surface area contributed by atoms with E-state index in [-0.39, 0.29) is 17.3 Å². The lowest BCUT2D eigenvalue weighted by atomic mass is 9.88. The molecule has 1 heterocycles. The molecule has 1 aliphatic carbocycles. The van der Waals surface area contributed by atoms with Crippen molar-refractivity contribution in [2.24, 2.45) is 5.92 Å². The van der Waals surface area contributed by atoms with Crippen LogP contribution in [0.25, 0.3) is 33.4 Å². The summed E-state index contributed by atoms with van der Waals surface area (Å²) in [7, 11) is 7.82. The number of ketones is 1. The lowest BCUT2D eigenvalue weighted by molar-refractivity contribution is 0.0697. The summed E-state index contributed by atoms with van der Waals surface area (Å²) >= 11 is 0. The minimum Gasteiger partial charge on any atom is -0.478 e. The molecule has 1 aliphatic heterocycles. The Balaban J connectivity index is 2.18. The highest BCUT2D eigenvalue weighted by molar-refractivity contribution is 6.09. The third-order valence-electron chi connectivity index (χ3n) is 6.05. The zero-order valence-electron chi connectivity index (χ0n) is 20.3. The van der Waals surface area contributed by atoms with Crippen LogP contribution < -0.4 is 14.8 Å². The Morgan fingerprint density at radius 1 is 0.941 bits per heavy atom. The van der Waals surface area contributed by atoms with E-state index in [2.05, 4.69) is 0 Å². The van der Waals surface area contributed by atoms with Gasteiger partial charge < -0.3 is 14.4 Å². The van der Waals surface area contributed by atoms with E-state index < -0.39 is 5.97 Å². The molecule has 0 bridgehead atoms. The normalized spacial score (nSPS) is 11.3. The van der Waals surface area contributed by atoms with Crippen molar-refractivity contribution < 1.29 is 19.1 Å². The molecule has 34 heavy (non-hydrogen) atoms. The van der Waals surface area contributed by atoms with Crippen LogP contribution in [0.3, 0.4) is 0 Å². The zero-order valence-corrected chi connectivity index (χ0v) is 20.3. The summed E-state index contributed by atoms with van der Waals surface area (Å²) in [6.45, 7) is 3.68. The molecule has 0 radical (unpaired) electrons. The fourth-order valence-corrected chi connectivity index (χ4v) is 4.14. The summed E-state index contributed by atoms with van der Waals surface area (Å²) in [6, 6.07) is 16.6. The second-order valence-electron chi connectivity index (χ2n) is 9.21. The molecule has 0 aromatic heterocycles. The molecule has 0 fully saturated rings. The van der Waals surface area contributed by atoms with Gasteiger partial charge in [0.1, 0.15) is 25.4 Å². The van der Waals surface area contributed by atoms with E-state index in [1.807, 2.05) is 87.9 Å². The van der Waals surface area contributed by atoms with Gasteiger partial charge in [-0.05, 0) is 35.9 Å². The number of anilines is 1. The predicted molar refractivity (Wildman–Crippen MR) is 136 cm³/mol. The van der Waals surface area contributed by atoms with Gasteiger partial charge in [0, 0.05) is 59.9 Å². The van der Waals surface area contributed by atoms with Crippen LogP contribution in [-0.2, 0) is 0 Å². The summed E-state index contributed by atoms with van der Waals surface area (Å²) in [5, 5.41) is 11.8. The molecule has 0 saturated carbocycles. The second kappa shape index (κ2) is 8.78. The maximum Gasteiger partial charge on any atom is 0.336 e. The third-order valence-corrected chi connectivity index (χ3v) is 6.05. The van der Waals surface area contributed by atoms with Gasteiger partial charge in [-0.3, -0.25) is 4.79 Å². The first kappa shape index (κ1) is 23.2. The average molecular weight is 458 g/mol.